The molecule has 0 radical (unpaired) electrons. The van der Waals surface area contributed by atoms with Crippen molar-refractivity contribution in [2.24, 2.45) is 17.3 Å². The van der Waals surface area contributed by atoms with Gasteiger partial charge in [0.1, 0.15) is 0 Å². The van der Waals surface area contributed by atoms with Crippen LogP contribution in [0, 0.1) is 17.3 Å². The van der Waals surface area contributed by atoms with E-state index in [2.05, 4.69) is 31.2 Å². The van der Waals surface area contributed by atoms with Gasteiger partial charge >= 0.3 is 5.97 Å². The minimum atomic E-state index is -0.246. The van der Waals surface area contributed by atoms with Gasteiger partial charge in [-0.05, 0) is 31.2 Å². The van der Waals surface area contributed by atoms with Crippen LogP contribution in [0.25, 0.3) is 6.08 Å². The number of allylic oxidation sites excluding steroid dienone is 1. The second-order valence-corrected chi connectivity index (χ2v) is 5.95. The summed E-state index contributed by atoms with van der Waals surface area (Å²) in [4.78, 5) is 11.9. The van der Waals surface area contributed by atoms with Crippen molar-refractivity contribution in [3.63, 3.8) is 0 Å². The van der Waals surface area contributed by atoms with Gasteiger partial charge in [0.25, 0.3) is 0 Å². The van der Waals surface area contributed by atoms with E-state index < -0.39 is 0 Å². The largest absolute Gasteiger partial charge is 0.465 e. The molecule has 2 heteroatoms. The van der Waals surface area contributed by atoms with Crippen LogP contribution < -0.4 is 0 Å². The fraction of sp³-hybridized carbons (Fsp3) is 0.471. The summed E-state index contributed by atoms with van der Waals surface area (Å²) in [6.45, 7) is 2.68. The summed E-state index contributed by atoms with van der Waals surface area (Å²) < 4.78 is 5.31. The van der Waals surface area contributed by atoms with Gasteiger partial charge in [0.15, 0.2) is 0 Å². The summed E-state index contributed by atoms with van der Waals surface area (Å²) in [5.41, 5.74) is 0.976. The molecule has 0 amide bonds. The number of fused-ring (bicyclic) bond motifs is 1. The molecule has 0 spiro atoms. The van der Waals surface area contributed by atoms with E-state index in [9.17, 15) is 4.79 Å². The predicted molar refractivity (Wildman–Crippen MR) is 75.4 cm³/mol. The molecule has 2 fully saturated rings. The molecule has 1 saturated carbocycles. The summed E-state index contributed by atoms with van der Waals surface area (Å²) >= 11 is 0. The average Bonchev–Trinajstić information content (AvgIpc) is 2.74. The van der Waals surface area contributed by atoms with Crippen LogP contribution in [-0.4, -0.2) is 12.6 Å². The molecule has 19 heavy (non-hydrogen) atoms. The Kier molecular flexibility index (Phi) is 3.17. The van der Waals surface area contributed by atoms with E-state index in [1.165, 1.54) is 12.0 Å². The molecule has 1 aliphatic carbocycles. The quantitative estimate of drug-likeness (QED) is 0.754. The van der Waals surface area contributed by atoms with Crippen LogP contribution in [0.4, 0.5) is 0 Å². The van der Waals surface area contributed by atoms with Crippen molar-refractivity contribution in [1.29, 1.82) is 0 Å². The highest BCUT2D eigenvalue weighted by Gasteiger charge is 2.52. The van der Waals surface area contributed by atoms with Gasteiger partial charge in [0.2, 0.25) is 0 Å². The van der Waals surface area contributed by atoms with Gasteiger partial charge in [0, 0.05) is 5.92 Å². The Morgan fingerprint density at radius 3 is 2.89 bits per heavy atom. The van der Waals surface area contributed by atoms with Gasteiger partial charge in [-0.15, -0.1) is 0 Å². The van der Waals surface area contributed by atoms with Crippen LogP contribution in [0.3, 0.4) is 0 Å². The highest BCUT2D eigenvalue weighted by atomic mass is 16.5. The second-order valence-electron chi connectivity index (χ2n) is 5.95. The van der Waals surface area contributed by atoms with Crippen LogP contribution in [0.2, 0.25) is 0 Å². The van der Waals surface area contributed by atoms with Crippen molar-refractivity contribution < 1.29 is 9.53 Å². The standard InChI is InChI=1S/C17H20O2/c1-17-11-5-8-14(15(17)12-19-16(17)18)10-9-13-6-3-2-4-7-13/h2-4,6-7,9-10,14-15H,5,8,11-12H2,1H3/b10-9+/t14-,15+,17-/m0/s1. The minimum Gasteiger partial charge on any atom is -0.465 e. The Bertz CT molecular complexity index is 491. The lowest BCUT2D eigenvalue weighted by molar-refractivity contribution is -0.146. The summed E-state index contributed by atoms with van der Waals surface area (Å²) in [6.07, 6.45) is 7.72. The Labute approximate surface area is 114 Å². The van der Waals surface area contributed by atoms with E-state index in [0.717, 1.165) is 12.8 Å². The van der Waals surface area contributed by atoms with Crippen LogP contribution >= 0.6 is 0 Å². The van der Waals surface area contributed by atoms with Crippen molar-refractivity contribution in [3.05, 3.63) is 42.0 Å². The third kappa shape index (κ3) is 2.20. The molecule has 2 aliphatic rings. The first-order valence-electron chi connectivity index (χ1n) is 7.11. The summed E-state index contributed by atoms with van der Waals surface area (Å²) in [6, 6.07) is 10.3. The molecule has 1 saturated heterocycles. The lowest BCUT2D eigenvalue weighted by atomic mass is 9.64. The number of hydrogen-bond donors (Lipinski definition) is 0. The van der Waals surface area contributed by atoms with Crippen LogP contribution in [0.1, 0.15) is 31.7 Å². The average molecular weight is 256 g/mol. The molecule has 1 heterocycles. The van der Waals surface area contributed by atoms with Crippen molar-refractivity contribution in [2.45, 2.75) is 26.2 Å². The molecule has 100 valence electrons. The van der Waals surface area contributed by atoms with Crippen molar-refractivity contribution in [3.8, 4) is 0 Å². The SMILES string of the molecule is C[C@]12CCC[C@@H](/C=C/c3ccccc3)[C@H]1COC2=O. The van der Waals surface area contributed by atoms with Gasteiger partial charge in [0.05, 0.1) is 12.0 Å². The minimum absolute atomic E-state index is 0.00955. The molecule has 1 aromatic carbocycles. The number of rotatable bonds is 2. The molecule has 1 aromatic rings. The van der Waals surface area contributed by atoms with Gasteiger partial charge in [-0.25, -0.2) is 0 Å². The van der Waals surface area contributed by atoms with Gasteiger partial charge in [-0.3, -0.25) is 4.79 Å². The number of cyclic esters (lactones) is 1. The molecule has 0 N–H and O–H groups in total. The van der Waals surface area contributed by atoms with Crippen molar-refractivity contribution >= 4 is 12.0 Å². The fourth-order valence-corrected chi connectivity index (χ4v) is 3.48. The number of hydrogen-bond acceptors (Lipinski definition) is 2. The number of carbonyl (C=O) groups is 1. The molecule has 1 aliphatic heterocycles. The third-order valence-electron chi connectivity index (χ3n) is 4.76. The number of benzene rings is 1. The molecular weight excluding hydrogens is 236 g/mol. The van der Waals surface area contributed by atoms with Gasteiger partial charge in [-0.1, -0.05) is 48.9 Å². The molecule has 3 atom stereocenters. The molecular formula is C17H20O2. The number of ether oxygens (including phenoxy) is 1. The van der Waals surface area contributed by atoms with E-state index in [4.69, 9.17) is 4.74 Å². The van der Waals surface area contributed by atoms with E-state index in [1.54, 1.807) is 0 Å². The normalized spacial score (nSPS) is 34.3. The molecule has 0 bridgehead atoms. The lowest BCUT2D eigenvalue weighted by Crippen LogP contribution is -2.37. The van der Waals surface area contributed by atoms with E-state index in [0.29, 0.717) is 18.4 Å². The highest BCUT2D eigenvalue weighted by Crippen LogP contribution is 2.49. The van der Waals surface area contributed by atoms with Crippen LogP contribution in [0.15, 0.2) is 36.4 Å². The zero-order chi connectivity index (χ0) is 13.3. The van der Waals surface area contributed by atoms with Crippen LogP contribution in [-0.2, 0) is 9.53 Å². The first-order valence-corrected chi connectivity index (χ1v) is 7.11. The first-order chi connectivity index (χ1) is 9.20. The maximum Gasteiger partial charge on any atom is 0.312 e. The zero-order valence-electron chi connectivity index (χ0n) is 11.3. The predicted octanol–water partition coefficient (Wildman–Crippen LogP) is 3.68. The molecule has 2 nitrogen and oxygen atoms in total. The first kappa shape index (κ1) is 12.5. The summed E-state index contributed by atoms with van der Waals surface area (Å²) in [5, 5.41) is 0. The maximum atomic E-state index is 11.9. The number of carbonyl (C=O) groups excluding carboxylic acids is 1. The summed E-state index contributed by atoms with van der Waals surface area (Å²) in [5.74, 6) is 0.828. The van der Waals surface area contributed by atoms with Crippen molar-refractivity contribution in [2.75, 3.05) is 6.61 Å². The smallest absolute Gasteiger partial charge is 0.312 e. The molecule has 3 rings (SSSR count). The Morgan fingerprint density at radius 1 is 1.32 bits per heavy atom. The van der Waals surface area contributed by atoms with E-state index in [-0.39, 0.29) is 11.4 Å². The van der Waals surface area contributed by atoms with Gasteiger partial charge < -0.3 is 4.74 Å². The zero-order valence-corrected chi connectivity index (χ0v) is 11.3. The van der Waals surface area contributed by atoms with Crippen molar-refractivity contribution in [1.82, 2.24) is 0 Å². The molecule has 0 unspecified atom stereocenters. The van der Waals surface area contributed by atoms with E-state index >= 15 is 0 Å². The maximum absolute atomic E-state index is 11.9. The monoisotopic (exact) mass is 256 g/mol. The topological polar surface area (TPSA) is 26.3 Å². The number of esters is 1. The Hall–Kier alpha value is -1.57. The highest BCUT2D eigenvalue weighted by molar-refractivity contribution is 5.79. The Balaban J connectivity index is 1.78. The molecule has 0 aromatic heterocycles. The van der Waals surface area contributed by atoms with Crippen LogP contribution in [0.5, 0.6) is 0 Å². The van der Waals surface area contributed by atoms with E-state index in [1.807, 2.05) is 18.2 Å². The third-order valence-corrected chi connectivity index (χ3v) is 4.76. The lowest BCUT2D eigenvalue weighted by Gasteiger charge is -2.36. The van der Waals surface area contributed by atoms with Gasteiger partial charge in [-0.2, -0.15) is 0 Å². The Morgan fingerprint density at radius 2 is 2.11 bits per heavy atom. The summed E-state index contributed by atoms with van der Waals surface area (Å²) in [7, 11) is 0. The fourth-order valence-electron chi connectivity index (χ4n) is 3.48. The second kappa shape index (κ2) is 4.84.